The Morgan fingerprint density at radius 1 is 1.27 bits per heavy atom. The average Bonchev–Trinajstić information content (AvgIpc) is 2.38. The van der Waals surface area contributed by atoms with Gasteiger partial charge in [-0.3, -0.25) is 0 Å². The summed E-state index contributed by atoms with van der Waals surface area (Å²) in [6.45, 7) is 5.26. The van der Waals surface area contributed by atoms with Crippen molar-refractivity contribution in [2.24, 2.45) is 0 Å². The first-order valence-electron chi connectivity index (χ1n) is 4.48. The van der Waals surface area contributed by atoms with Crippen molar-refractivity contribution in [3.05, 3.63) is 6.42 Å². The van der Waals surface area contributed by atoms with E-state index in [0.717, 1.165) is 0 Å². The van der Waals surface area contributed by atoms with Gasteiger partial charge in [0.2, 0.25) is 0 Å². The molecule has 1 radical (unpaired) electrons. The van der Waals surface area contributed by atoms with Gasteiger partial charge in [-0.1, -0.05) is 13.8 Å². The van der Waals surface area contributed by atoms with Gasteiger partial charge in [-0.2, -0.15) is 12.8 Å². The van der Waals surface area contributed by atoms with E-state index in [0.29, 0.717) is 5.54 Å². The Labute approximate surface area is 95.6 Å². The minimum absolute atomic E-state index is 0. The Bertz CT molecular complexity index is 91.7. The van der Waals surface area contributed by atoms with Gasteiger partial charge >= 0.3 is 0 Å². The minimum Gasteiger partial charge on any atom is -0.325 e. The van der Waals surface area contributed by atoms with E-state index in [2.05, 4.69) is 11.7 Å². The van der Waals surface area contributed by atoms with Gasteiger partial charge in [0.05, 0.1) is 0 Å². The largest absolute Gasteiger partial charge is 0.325 e. The van der Waals surface area contributed by atoms with E-state index < -0.39 is 0 Å². The van der Waals surface area contributed by atoms with Crippen LogP contribution in [0.2, 0.25) is 0 Å². The molecular weight excluding hydrogens is 211 g/mol. The quantitative estimate of drug-likeness (QED) is 0.627. The minimum atomic E-state index is 0. The summed E-state index contributed by atoms with van der Waals surface area (Å²) >= 11 is 0. The number of rotatable bonds is 0. The van der Waals surface area contributed by atoms with E-state index in [9.17, 15) is 0 Å². The monoisotopic (exact) mass is 229 g/mol. The molecule has 1 saturated carbocycles. The molecule has 1 spiro atoms. The van der Waals surface area contributed by atoms with Gasteiger partial charge in [-0.05, 0) is 24.9 Å². The van der Waals surface area contributed by atoms with Crippen molar-refractivity contribution < 1.29 is 32.7 Å². The van der Waals surface area contributed by atoms with Crippen LogP contribution in [0.5, 0.6) is 0 Å². The van der Waals surface area contributed by atoms with E-state index in [1.165, 1.54) is 32.2 Å². The van der Waals surface area contributed by atoms with E-state index in [4.69, 9.17) is 0 Å². The molecule has 0 aromatic rings. The van der Waals surface area contributed by atoms with Crippen LogP contribution in [-0.4, -0.2) is 12.1 Å². The second-order valence-electron chi connectivity index (χ2n) is 3.01. The van der Waals surface area contributed by atoms with Gasteiger partial charge in [-0.25, -0.2) is 0 Å². The van der Waals surface area contributed by atoms with E-state index in [-0.39, 0.29) is 32.7 Å². The summed E-state index contributed by atoms with van der Waals surface area (Å²) in [6, 6.07) is 0. The van der Waals surface area contributed by atoms with E-state index in [1.54, 1.807) is 0 Å². The molecule has 1 nitrogen and oxygen atoms in total. The fraction of sp³-hybridized carbons (Fsp3) is 0.889. The second kappa shape index (κ2) is 5.67. The standard InChI is InChI=1S/C7H12N.C2H6.Y/c1-3-7(4-1)5-2-6-8-7;1-2;/h1,8H,2-6H2;1-2H3;/q-1;;. The van der Waals surface area contributed by atoms with Gasteiger partial charge in [-0.15, -0.1) is 0 Å². The van der Waals surface area contributed by atoms with Crippen molar-refractivity contribution in [2.45, 2.75) is 45.1 Å². The summed E-state index contributed by atoms with van der Waals surface area (Å²) in [6.07, 6.45) is 7.84. The summed E-state index contributed by atoms with van der Waals surface area (Å²) in [5.41, 5.74) is 0.611. The Balaban J connectivity index is 0.000000311. The fourth-order valence-electron chi connectivity index (χ4n) is 1.71. The molecule has 0 atom stereocenters. The first-order valence-corrected chi connectivity index (χ1v) is 4.48. The molecule has 2 heteroatoms. The zero-order chi connectivity index (χ0) is 7.45. The van der Waals surface area contributed by atoms with Gasteiger partial charge in [0.1, 0.15) is 0 Å². The molecule has 1 N–H and O–H groups in total. The Morgan fingerprint density at radius 3 is 2.09 bits per heavy atom. The zero-order valence-electron chi connectivity index (χ0n) is 7.69. The third kappa shape index (κ3) is 2.79. The maximum atomic E-state index is 3.54. The predicted molar refractivity (Wildman–Crippen MR) is 44.8 cm³/mol. The number of nitrogens with one attached hydrogen (secondary N) is 1. The Kier molecular flexibility index (Phi) is 6.21. The Hall–Kier alpha value is 1.06. The molecule has 2 fully saturated rings. The molecule has 1 saturated heterocycles. The van der Waals surface area contributed by atoms with Gasteiger partial charge in [0.25, 0.3) is 0 Å². The van der Waals surface area contributed by atoms with Crippen LogP contribution < -0.4 is 5.32 Å². The van der Waals surface area contributed by atoms with Crippen LogP contribution in [-0.2, 0) is 32.7 Å². The number of hydrogen-bond donors (Lipinski definition) is 1. The molecule has 11 heavy (non-hydrogen) atoms. The molecule has 2 aliphatic rings. The second-order valence-corrected chi connectivity index (χ2v) is 3.01. The van der Waals surface area contributed by atoms with Crippen molar-refractivity contribution in [3.63, 3.8) is 0 Å². The summed E-state index contributed by atoms with van der Waals surface area (Å²) in [7, 11) is 0. The summed E-state index contributed by atoms with van der Waals surface area (Å²) in [5.74, 6) is 0. The van der Waals surface area contributed by atoms with Crippen molar-refractivity contribution in [1.29, 1.82) is 0 Å². The van der Waals surface area contributed by atoms with Crippen molar-refractivity contribution in [1.82, 2.24) is 5.32 Å². The van der Waals surface area contributed by atoms with Gasteiger partial charge < -0.3 is 11.7 Å². The number of hydrogen-bond acceptors (Lipinski definition) is 1. The van der Waals surface area contributed by atoms with Crippen LogP contribution in [0.1, 0.15) is 39.5 Å². The molecule has 0 amide bonds. The van der Waals surface area contributed by atoms with Crippen molar-refractivity contribution in [3.8, 4) is 0 Å². The summed E-state index contributed by atoms with van der Waals surface area (Å²) in [5, 5.41) is 3.54. The van der Waals surface area contributed by atoms with Gasteiger partial charge in [0, 0.05) is 32.7 Å². The molecule has 0 unspecified atom stereocenters. The normalized spacial score (nSPS) is 24.5. The molecular formula is C9H18NY-. The molecule has 1 heterocycles. The van der Waals surface area contributed by atoms with Gasteiger partial charge in [0.15, 0.2) is 0 Å². The topological polar surface area (TPSA) is 12.0 Å². The summed E-state index contributed by atoms with van der Waals surface area (Å²) in [4.78, 5) is 0. The molecule has 63 valence electrons. The molecule has 0 aromatic heterocycles. The molecule has 0 bridgehead atoms. The van der Waals surface area contributed by atoms with Crippen molar-refractivity contribution in [2.75, 3.05) is 6.54 Å². The van der Waals surface area contributed by atoms with Crippen LogP contribution >= 0.6 is 0 Å². The van der Waals surface area contributed by atoms with Crippen LogP contribution in [0.15, 0.2) is 0 Å². The van der Waals surface area contributed by atoms with E-state index >= 15 is 0 Å². The van der Waals surface area contributed by atoms with Crippen LogP contribution in [0.4, 0.5) is 0 Å². The average molecular weight is 229 g/mol. The van der Waals surface area contributed by atoms with Crippen LogP contribution in [0.3, 0.4) is 0 Å². The molecule has 2 rings (SSSR count). The predicted octanol–water partition coefficient (Wildman–Crippen LogP) is 2.13. The summed E-state index contributed by atoms with van der Waals surface area (Å²) < 4.78 is 0. The third-order valence-electron chi connectivity index (χ3n) is 2.40. The van der Waals surface area contributed by atoms with E-state index in [1.807, 2.05) is 13.8 Å². The van der Waals surface area contributed by atoms with Crippen LogP contribution in [0, 0.1) is 6.42 Å². The Morgan fingerprint density at radius 2 is 1.91 bits per heavy atom. The molecule has 0 aromatic carbocycles. The third-order valence-corrected chi connectivity index (χ3v) is 2.40. The molecule has 1 aliphatic heterocycles. The first-order chi connectivity index (χ1) is 4.91. The smallest absolute Gasteiger partial charge is 0 e. The zero-order valence-corrected chi connectivity index (χ0v) is 10.5. The fourth-order valence-corrected chi connectivity index (χ4v) is 1.71. The van der Waals surface area contributed by atoms with Crippen LogP contribution in [0.25, 0.3) is 0 Å². The SMILES string of the molecule is CC.[CH-]1CC2(C1)CCCN2.[Y]. The molecule has 1 aliphatic carbocycles. The maximum Gasteiger partial charge on any atom is 0 e. The maximum absolute atomic E-state index is 3.54. The first kappa shape index (κ1) is 12.1. The van der Waals surface area contributed by atoms with Crippen molar-refractivity contribution >= 4 is 0 Å².